The summed E-state index contributed by atoms with van der Waals surface area (Å²) < 4.78 is 1.35. The maximum absolute atomic E-state index is 11.9. The fourth-order valence-corrected chi connectivity index (χ4v) is 1.47. The molecule has 1 aromatic heterocycles. The number of nitrogens with zero attached hydrogens (tertiary/aromatic N) is 1. The third-order valence-electron chi connectivity index (χ3n) is 2.23. The Kier molecular flexibility index (Phi) is 2.55. The van der Waals surface area contributed by atoms with Crippen LogP contribution in [0.1, 0.15) is 20.7 Å². The molecule has 0 saturated carbocycles. The minimum Gasteiger partial charge on any atom is -0.478 e. The van der Waals surface area contributed by atoms with Gasteiger partial charge in [0.1, 0.15) is 0 Å². The third-order valence-corrected chi connectivity index (χ3v) is 2.23. The van der Waals surface area contributed by atoms with Crippen LogP contribution in [-0.4, -0.2) is 21.6 Å². The van der Waals surface area contributed by atoms with E-state index in [4.69, 9.17) is 5.11 Å². The molecule has 0 atom stereocenters. The molecule has 0 saturated heterocycles. The topological polar surface area (TPSA) is 59.3 Å². The average Bonchev–Trinajstić information content (AvgIpc) is 2.81. The van der Waals surface area contributed by atoms with Crippen LogP contribution in [0.3, 0.4) is 0 Å². The van der Waals surface area contributed by atoms with Gasteiger partial charge in [0.2, 0.25) is 0 Å². The van der Waals surface area contributed by atoms with Crippen LogP contribution in [0.5, 0.6) is 0 Å². The first-order chi connectivity index (χ1) is 7.70. The summed E-state index contributed by atoms with van der Waals surface area (Å²) in [6.07, 6.45) is 3.17. The molecule has 80 valence electrons. The van der Waals surface area contributed by atoms with Crippen molar-refractivity contribution < 1.29 is 14.7 Å². The zero-order valence-corrected chi connectivity index (χ0v) is 8.33. The number of hydrogen-bond acceptors (Lipinski definition) is 2. The van der Waals surface area contributed by atoms with E-state index in [1.165, 1.54) is 16.7 Å². The van der Waals surface area contributed by atoms with E-state index < -0.39 is 5.97 Å². The second kappa shape index (κ2) is 4.02. The van der Waals surface area contributed by atoms with Crippen molar-refractivity contribution in [2.75, 3.05) is 0 Å². The summed E-state index contributed by atoms with van der Waals surface area (Å²) in [5.41, 5.74) is 0.201. The molecule has 0 amide bonds. The summed E-state index contributed by atoms with van der Waals surface area (Å²) in [5, 5.41) is 8.95. The Morgan fingerprint density at radius 2 is 1.50 bits per heavy atom. The van der Waals surface area contributed by atoms with Crippen LogP contribution in [-0.2, 0) is 0 Å². The molecule has 16 heavy (non-hydrogen) atoms. The van der Waals surface area contributed by atoms with Crippen LogP contribution >= 0.6 is 0 Å². The molecule has 1 N–H and O–H groups in total. The van der Waals surface area contributed by atoms with E-state index in [0.717, 1.165) is 0 Å². The molecule has 0 aliphatic heterocycles. The van der Waals surface area contributed by atoms with Crippen LogP contribution in [0, 0.1) is 0 Å². The Labute approximate surface area is 91.8 Å². The minimum absolute atomic E-state index is 0.0150. The Morgan fingerprint density at radius 1 is 0.938 bits per heavy atom. The lowest BCUT2D eigenvalue weighted by Gasteiger charge is -2.05. The molecule has 0 unspecified atom stereocenters. The summed E-state index contributed by atoms with van der Waals surface area (Å²) >= 11 is 0. The molecule has 0 fully saturated rings. The van der Waals surface area contributed by atoms with Gasteiger partial charge in [0.05, 0.1) is 11.1 Å². The second-order valence-electron chi connectivity index (χ2n) is 3.25. The zero-order valence-electron chi connectivity index (χ0n) is 8.33. The standard InChI is InChI=1S/C12H9NO3/c14-11(13-7-3-4-8-13)9-5-1-2-6-10(9)12(15)16/h1-8H,(H,15,16). The quantitative estimate of drug-likeness (QED) is 0.831. The summed E-state index contributed by atoms with van der Waals surface area (Å²) in [7, 11) is 0. The Morgan fingerprint density at radius 3 is 2.06 bits per heavy atom. The van der Waals surface area contributed by atoms with Crippen LogP contribution in [0.4, 0.5) is 0 Å². The number of aromatic nitrogens is 1. The first-order valence-electron chi connectivity index (χ1n) is 4.70. The van der Waals surface area contributed by atoms with Gasteiger partial charge in [-0.15, -0.1) is 0 Å². The van der Waals surface area contributed by atoms with Crippen LogP contribution < -0.4 is 0 Å². The minimum atomic E-state index is -1.10. The summed E-state index contributed by atoms with van der Waals surface area (Å²) in [6.45, 7) is 0. The fourth-order valence-electron chi connectivity index (χ4n) is 1.47. The van der Waals surface area contributed by atoms with Crippen molar-refractivity contribution in [3.8, 4) is 0 Å². The van der Waals surface area contributed by atoms with Gasteiger partial charge in [0, 0.05) is 12.4 Å². The van der Waals surface area contributed by atoms with E-state index in [1.807, 2.05) is 0 Å². The number of carbonyl (C=O) groups is 2. The van der Waals surface area contributed by atoms with Gasteiger partial charge in [0.15, 0.2) is 0 Å². The number of rotatable bonds is 2. The van der Waals surface area contributed by atoms with Gasteiger partial charge in [-0.1, -0.05) is 12.1 Å². The van der Waals surface area contributed by atoms with Crippen LogP contribution in [0.15, 0.2) is 48.8 Å². The highest BCUT2D eigenvalue weighted by Crippen LogP contribution is 2.11. The lowest BCUT2D eigenvalue weighted by molar-refractivity contribution is 0.0691. The summed E-state index contributed by atoms with van der Waals surface area (Å²) in [6, 6.07) is 9.58. The monoisotopic (exact) mass is 215 g/mol. The van der Waals surface area contributed by atoms with Gasteiger partial charge >= 0.3 is 5.97 Å². The molecule has 4 nitrogen and oxygen atoms in total. The largest absolute Gasteiger partial charge is 0.478 e. The van der Waals surface area contributed by atoms with E-state index in [0.29, 0.717) is 0 Å². The highest BCUT2D eigenvalue weighted by atomic mass is 16.4. The molecule has 0 spiro atoms. The molecule has 0 radical (unpaired) electrons. The lowest BCUT2D eigenvalue weighted by atomic mass is 10.1. The molecule has 1 heterocycles. The van der Waals surface area contributed by atoms with Crippen LogP contribution in [0.2, 0.25) is 0 Å². The van der Waals surface area contributed by atoms with E-state index in [2.05, 4.69) is 0 Å². The molecular weight excluding hydrogens is 206 g/mol. The fraction of sp³-hybridized carbons (Fsp3) is 0. The predicted octanol–water partition coefficient (Wildman–Crippen LogP) is 1.87. The Balaban J connectivity index is 2.49. The molecule has 2 rings (SSSR count). The molecule has 2 aromatic rings. The Hall–Kier alpha value is -2.36. The van der Waals surface area contributed by atoms with E-state index in [-0.39, 0.29) is 17.0 Å². The zero-order chi connectivity index (χ0) is 11.5. The van der Waals surface area contributed by atoms with Crippen molar-refractivity contribution in [1.29, 1.82) is 0 Å². The average molecular weight is 215 g/mol. The van der Waals surface area contributed by atoms with E-state index in [1.54, 1.807) is 36.7 Å². The van der Waals surface area contributed by atoms with Crippen molar-refractivity contribution in [2.24, 2.45) is 0 Å². The summed E-state index contributed by atoms with van der Waals surface area (Å²) in [4.78, 5) is 22.9. The Bertz CT molecular complexity index is 529. The van der Waals surface area contributed by atoms with Crippen molar-refractivity contribution >= 4 is 11.9 Å². The highest BCUT2D eigenvalue weighted by Gasteiger charge is 2.16. The third kappa shape index (κ3) is 1.72. The predicted molar refractivity (Wildman–Crippen MR) is 57.6 cm³/mol. The van der Waals surface area contributed by atoms with Crippen molar-refractivity contribution in [3.63, 3.8) is 0 Å². The maximum Gasteiger partial charge on any atom is 0.336 e. The van der Waals surface area contributed by atoms with Gasteiger partial charge in [0.25, 0.3) is 5.91 Å². The smallest absolute Gasteiger partial charge is 0.336 e. The number of carbonyl (C=O) groups excluding carboxylic acids is 1. The number of aromatic carboxylic acids is 1. The molecule has 0 aliphatic rings. The van der Waals surface area contributed by atoms with Gasteiger partial charge in [-0.25, -0.2) is 4.79 Å². The summed E-state index contributed by atoms with van der Waals surface area (Å²) in [5.74, 6) is -1.45. The first-order valence-corrected chi connectivity index (χ1v) is 4.70. The molecule has 0 aliphatic carbocycles. The molecular formula is C12H9NO3. The number of carboxylic acid groups (broad SMARTS) is 1. The SMILES string of the molecule is O=C(O)c1ccccc1C(=O)n1cccc1. The van der Waals surface area contributed by atoms with Crippen LogP contribution in [0.25, 0.3) is 0 Å². The van der Waals surface area contributed by atoms with Crippen molar-refractivity contribution in [1.82, 2.24) is 4.57 Å². The van der Waals surface area contributed by atoms with Crippen molar-refractivity contribution in [2.45, 2.75) is 0 Å². The van der Waals surface area contributed by atoms with Crippen molar-refractivity contribution in [3.05, 3.63) is 59.9 Å². The molecule has 0 bridgehead atoms. The molecule has 1 aromatic carbocycles. The normalized spacial score (nSPS) is 10.0. The molecule has 4 heteroatoms. The lowest BCUT2D eigenvalue weighted by Crippen LogP contribution is -2.14. The van der Waals surface area contributed by atoms with Gasteiger partial charge in [-0.2, -0.15) is 0 Å². The number of benzene rings is 1. The first kappa shape index (κ1) is 10.2. The van der Waals surface area contributed by atoms with Gasteiger partial charge in [-0.05, 0) is 24.3 Å². The number of carboxylic acids is 1. The van der Waals surface area contributed by atoms with E-state index >= 15 is 0 Å². The van der Waals surface area contributed by atoms with Gasteiger partial charge in [-0.3, -0.25) is 9.36 Å². The second-order valence-corrected chi connectivity index (χ2v) is 3.25. The number of hydrogen-bond donors (Lipinski definition) is 1. The maximum atomic E-state index is 11.9. The van der Waals surface area contributed by atoms with Gasteiger partial charge < -0.3 is 5.11 Å². The van der Waals surface area contributed by atoms with E-state index in [9.17, 15) is 9.59 Å². The highest BCUT2D eigenvalue weighted by molar-refractivity contribution is 6.05.